The van der Waals surface area contributed by atoms with Gasteiger partial charge in [-0.2, -0.15) is 13.2 Å². The number of hydrogen-bond acceptors (Lipinski definition) is 3. The van der Waals surface area contributed by atoms with Crippen molar-refractivity contribution in [3.8, 4) is 0 Å². The number of imidazole rings is 1. The molecule has 28 heavy (non-hydrogen) atoms. The number of H-pyrrole nitrogens is 1. The van der Waals surface area contributed by atoms with Crippen molar-refractivity contribution in [3.05, 3.63) is 47.5 Å². The Kier molecular flexibility index (Phi) is 6.39. The van der Waals surface area contributed by atoms with Gasteiger partial charge in [-0.05, 0) is 62.9 Å². The molecule has 2 heterocycles. The maximum absolute atomic E-state index is 12.6. The Morgan fingerprint density at radius 2 is 2.07 bits per heavy atom. The molecule has 0 saturated carbocycles. The molecule has 1 amide bonds. The molecular weight excluding hydrogens is 369 g/mol. The molecular formula is C20H25F3N4O. The van der Waals surface area contributed by atoms with E-state index in [0.717, 1.165) is 62.4 Å². The number of aromatic nitrogens is 2. The number of carbonyl (C=O) groups excluding carboxylic acids is 1. The quantitative estimate of drug-likeness (QED) is 0.765. The number of nitrogens with one attached hydrogen (secondary N) is 2. The van der Waals surface area contributed by atoms with Crippen LogP contribution in [0.2, 0.25) is 0 Å². The highest BCUT2D eigenvalue weighted by molar-refractivity contribution is 5.90. The van der Waals surface area contributed by atoms with Gasteiger partial charge in [0, 0.05) is 30.9 Å². The molecule has 1 aliphatic rings. The lowest BCUT2D eigenvalue weighted by molar-refractivity contribution is -0.137. The molecule has 0 radical (unpaired) electrons. The summed E-state index contributed by atoms with van der Waals surface area (Å²) in [5.41, 5.74) is 1.80. The third kappa shape index (κ3) is 5.58. The first-order valence-corrected chi connectivity index (χ1v) is 9.49. The average molecular weight is 394 g/mol. The third-order valence-electron chi connectivity index (χ3n) is 5.19. The van der Waals surface area contributed by atoms with Gasteiger partial charge in [0.1, 0.15) is 0 Å². The van der Waals surface area contributed by atoms with E-state index in [4.69, 9.17) is 0 Å². The predicted octanol–water partition coefficient (Wildman–Crippen LogP) is 4.37. The van der Waals surface area contributed by atoms with Gasteiger partial charge in [0.2, 0.25) is 5.91 Å². The number of piperidine rings is 1. The van der Waals surface area contributed by atoms with Gasteiger partial charge in [-0.1, -0.05) is 0 Å². The molecule has 2 aromatic rings. The maximum Gasteiger partial charge on any atom is 0.416 e. The summed E-state index contributed by atoms with van der Waals surface area (Å²) in [7, 11) is 0. The zero-order valence-electron chi connectivity index (χ0n) is 15.9. The van der Waals surface area contributed by atoms with E-state index in [9.17, 15) is 18.0 Å². The fourth-order valence-electron chi connectivity index (χ4n) is 3.59. The number of likely N-dealkylation sites (tertiary alicyclic amines) is 1. The highest BCUT2D eigenvalue weighted by Gasteiger charge is 2.30. The van der Waals surface area contributed by atoms with E-state index in [1.807, 2.05) is 6.92 Å². The lowest BCUT2D eigenvalue weighted by Crippen LogP contribution is -2.35. The molecule has 1 aliphatic heterocycles. The second-order valence-electron chi connectivity index (χ2n) is 7.38. The minimum absolute atomic E-state index is 0.167. The summed E-state index contributed by atoms with van der Waals surface area (Å²) in [6.45, 7) is 4.78. The van der Waals surface area contributed by atoms with Crippen LogP contribution < -0.4 is 5.32 Å². The van der Waals surface area contributed by atoms with Crippen LogP contribution in [0.1, 0.15) is 42.6 Å². The summed E-state index contributed by atoms with van der Waals surface area (Å²) in [4.78, 5) is 22.0. The molecule has 1 atom stereocenters. The van der Waals surface area contributed by atoms with Gasteiger partial charge < -0.3 is 10.3 Å². The van der Waals surface area contributed by atoms with Gasteiger partial charge in [-0.15, -0.1) is 0 Å². The van der Waals surface area contributed by atoms with E-state index in [0.29, 0.717) is 18.0 Å². The number of aromatic amines is 1. The van der Waals surface area contributed by atoms with Crippen molar-refractivity contribution < 1.29 is 18.0 Å². The Bertz CT molecular complexity index is 785. The van der Waals surface area contributed by atoms with Crippen LogP contribution in [0.3, 0.4) is 0 Å². The van der Waals surface area contributed by atoms with Crippen LogP contribution in [0.5, 0.6) is 0 Å². The molecule has 0 aliphatic carbocycles. The Balaban J connectivity index is 1.44. The number of amides is 1. The first-order valence-electron chi connectivity index (χ1n) is 9.49. The van der Waals surface area contributed by atoms with Crippen LogP contribution in [0.25, 0.3) is 0 Å². The number of alkyl halides is 3. The van der Waals surface area contributed by atoms with Crippen LogP contribution in [-0.2, 0) is 17.5 Å². The summed E-state index contributed by atoms with van der Waals surface area (Å²) in [6, 6.07) is 4.53. The second kappa shape index (κ2) is 8.77. The molecule has 0 bridgehead atoms. The minimum atomic E-state index is -4.37. The molecule has 152 valence electrons. The van der Waals surface area contributed by atoms with Crippen molar-refractivity contribution in [3.63, 3.8) is 0 Å². The van der Waals surface area contributed by atoms with Gasteiger partial charge >= 0.3 is 6.18 Å². The number of rotatable bonds is 6. The first-order chi connectivity index (χ1) is 13.3. The number of anilines is 1. The van der Waals surface area contributed by atoms with E-state index < -0.39 is 11.7 Å². The second-order valence-corrected chi connectivity index (χ2v) is 7.38. The van der Waals surface area contributed by atoms with Crippen LogP contribution in [0, 0.1) is 12.8 Å². The Labute approximate surface area is 162 Å². The van der Waals surface area contributed by atoms with Gasteiger partial charge in [0.05, 0.1) is 17.6 Å². The minimum Gasteiger partial charge on any atom is -0.348 e. The van der Waals surface area contributed by atoms with Crippen molar-refractivity contribution in [2.24, 2.45) is 5.92 Å². The molecule has 1 fully saturated rings. The van der Waals surface area contributed by atoms with Crippen molar-refractivity contribution in [2.75, 3.05) is 18.4 Å². The lowest BCUT2D eigenvalue weighted by Gasteiger charge is -2.32. The summed E-state index contributed by atoms with van der Waals surface area (Å²) >= 11 is 0. The zero-order chi connectivity index (χ0) is 20.1. The Morgan fingerprint density at radius 3 is 2.71 bits per heavy atom. The molecule has 0 spiro atoms. The maximum atomic E-state index is 12.6. The predicted molar refractivity (Wildman–Crippen MR) is 101 cm³/mol. The van der Waals surface area contributed by atoms with Gasteiger partial charge in [-0.3, -0.25) is 9.69 Å². The molecule has 3 rings (SSSR count). The Morgan fingerprint density at radius 1 is 1.32 bits per heavy atom. The molecule has 8 heteroatoms. The van der Waals surface area contributed by atoms with E-state index in [1.165, 1.54) is 12.1 Å². The Hall–Kier alpha value is -2.35. The van der Waals surface area contributed by atoms with Gasteiger partial charge in [-0.25, -0.2) is 4.98 Å². The SMILES string of the molecule is Cc1[nH]cnc1CN1CCC[C@H](CCC(=O)Nc2ccc(C(F)(F)F)cc2)C1. The van der Waals surface area contributed by atoms with Crippen LogP contribution in [0.15, 0.2) is 30.6 Å². The standard InChI is InChI=1S/C20H25F3N4O/c1-14-18(25-13-24-14)12-27-10-2-3-15(11-27)4-9-19(28)26-17-7-5-16(6-8-17)20(21,22)23/h5-8,13,15H,2-4,9-12H2,1H3,(H,24,25)(H,26,28)/t15-/m1/s1. The smallest absolute Gasteiger partial charge is 0.348 e. The fourth-order valence-corrected chi connectivity index (χ4v) is 3.59. The van der Waals surface area contributed by atoms with Gasteiger partial charge in [0.15, 0.2) is 0 Å². The highest BCUT2D eigenvalue weighted by atomic mass is 19.4. The van der Waals surface area contributed by atoms with E-state index >= 15 is 0 Å². The normalized spacial score (nSPS) is 18.2. The van der Waals surface area contributed by atoms with E-state index in [-0.39, 0.29) is 5.91 Å². The number of benzene rings is 1. The zero-order valence-corrected chi connectivity index (χ0v) is 15.9. The number of nitrogens with zero attached hydrogens (tertiary/aromatic N) is 2. The number of carbonyl (C=O) groups is 1. The van der Waals surface area contributed by atoms with E-state index in [2.05, 4.69) is 20.2 Å². The van der Waals surface area contributed by atoms with Crippen molar-refractivity contribution in [2.45, 2.75) is 45.3 Å². The van der Waals surface area contributed by atoms with Crippen LogP contribution >= 0.6 is 0 Å². The van der Waals surface area contributed by atoms with Crippen molar-refractivity contribution in [1.82, 2.24) is 14.9 Å². The van der Waals surface area contributed by atoms with Crippen molar-refractivity contribution in [1.29, 1.82) is 0 Å². The first kappa shape index (κ1) is 20.4. The lowest BCUT2D eigenvalue weighted by atomic mass is 9.93. The molecule has 2 N–H and O–H groups in total. The molecule has 1 aromatic heterocycles. The largest absolute Gasteiger partial charge is 0.416 e. The average Bonchev–Trinajstić information content (AvgIpc) is 3.05. The summed E-state index contributed by atoms with van der Waals surface area (Å²) in [6.07, 6.45) is 0.642. The summed E-state index contributed by atoms with van der Waals surface area (Å²) in [5, 5.41) is 2.68. The number of halogens is 3. The monoisotopic (exact) mass is 394 g/mol. The van der Waals surface area contributed by atoms with Crippen LogP contribution in [0.4, 0.5) is 18.9 Å². The van der Waals surface area contributed by atoms with Gasteiger partial charge in [0.25, 0.3) is 0 Å². The number of hydrogen-bond donors (Lipinski definition) is 2. The molecule has 1 aromatic carbocycles. The highest BCUT2D eigenvalue weighted by Crippen LogP contribution is 2.30. The topological polar surface area (TPSA) is 61.0 Å². The third-order valence-corrected chi connectivity index (χ3v) is 5.19. The summed E-state index contributed by atoms with van der Waals surface area (Å²) in [5.74, 6) is 0.270. The molecule has 1 saturated heterocycles. The number of aryl methyl sites for hydroxylation is 1. The molecule has 5 nitrogen and oxygen atoms in total. The van der Waals surface area contributed by atoms with Crippen molar-refractivity contribution >= 4 is 11.6 Å². The fraction of sp³-hybridized carbons (Fsp3) is 0.500. The summed E-state index contributed by atoms with van der Waals surface area (Å²) < 4.78 is 37.8. The molecule has 0 unspecified atom stereocenters. The van der Waals surface area contributed by atoms with Crippen LogP contribution in [-0.4, -0.2) is 33.9 Å². The van der Waals surface area contributed by atoms with E-state index in [1.54, 1.807) is 6.33 Å².